The van der Waals surface area contributed by atoms with Crippen molar-refractivity contribution in [1.82, 2.24) is 5.32 Å². The van der Waals surface area contributed by atoms with E-state index in [4.69, 9.17) is 5.73 Å². The summed E-state index contributed by atoms with van der Waals surface area (Å²) in [6.07, 6.45) is 1.94. The van der Waals surface area contributed by atoms with Crippen LogP contribution in [0.3, 0.4) is 0 Å². The van der Waals surface area contributed by atoms with Crippen LogP contribution in [-0.4, -0.2) is 5.91 Å². The maximum atomic E-state index is 12.3. The van der Waals surface area contributed by atoms with Crippen LogP contribution in [0.1, 0.15) is 42.3 Å². The number of carbonyl (C=O) groups is 1. The van der Waals surface area contributed by atoms with Gasteiger partial charge >= 0.3 is 0 Å². The zero-order valence-corrected chi connectivity index (χ0v) is 12.4. The Bertz CT molecular complexity index is 525. The minimum atomic E-state index is -0.615. The molecule has 20 heavy (non-hydrogen) atoms. The van der Waals surface area contributed by atoms with Crippen LogP contribution in [0.5, 0.6) is 0 Å². The van der Waals surface area contributed by atoms with E-state index >= 15 is 0 Å². The largest absolute Gasteiger partial charge is 0.347 e. The molecular formula is C16H20N2OS. The summed E-state index contributed by atoms with van der Waals surface area (Å²) in [5, 5.41) is 5.09. The van der Waals surface area contributed by atoms with Crippen molar-refractivity contribution in [1.29, 1.82) is 0 Å². The summed E-state index contributed by atoms with van der Waals surface area (Å²) < 4.78 is 0. The Morgan fingerprint density at radius 3 is 2.60 bits per heavy atom. The lowest BCUT2D eigenvalue weighted by atomic mass is 10.1. The number of amides is 1. The Kier molecular flexibility index (Phi) is 5.32. The fourth-order valence-electron chi connectivity index (χ4n) is 2.14. The summed E-state index contributed by atoms with van der Waals surface area (Å²) in [6, 6.07) is 13.0. The van der Waals surface area contributed by atoms with E-state index in [2.05, 4.69) is 18.3 Å². The van der Waals surface area contributed by atoms with Gasteiger partial charge in [-0.3, -0.25) is 4.79 Å². The number of nitrogens with two attached hydrogens (primary N) is 1. The van der Waals surface area contributed by atoms with Crippen molar-refractivity contribution in [3.05, 3.63) is 58.3 Å². The molecule has 0 spiro atoms. The molecule has 1 aromatic carbocycles. The topological polar surface area (TPSA) is 55.1 Å². The zero-order valence-electron chi connectivity index (χ0n) is 11.6. The van der Waals surface area contributed by atoms with Gasteiger partial charge in [-0.15, -0.1) is 11.3 Å². The van der Waals surface area contributed by atoms with E-state index in [1.165, 1.54) is 4.88 Å². The normalized spacial score (nSPS) is 13.7. The smallest absolute Gasteiger partial charge is 0.242 e. The number of carbonyl (C=O) groups excluding carboxylic acids is 1. The molecule has 2 aromatic rings. The molecule has 2 rings (SSSR count). The molecule has 1 aromatic heterocycles. The minimum absolute atomic E-state index is 0.0577. The van der Waals surface area contributed by atoms with Crippen LogP contribution in [0.25, 0.3) is 0 Å². The van der Waals surface area contributed by atoms with Crippen LogP contribution in [0.15, 0.2) is 47.8 Å². The summed E-state index contributed by atoms with van der Waals surface area (Å²) in [4.78, 5) is 13.5. The summed E-state index contributed by atoms with van der Waals surface area (Å²) in [6.45, 7) is 2.11. The van der Waals surface area contributed by atoms with Gasteiger partial charge in [-0.05, 0) is 23.4 Å². The monoisotopic (exact) mass is 288 g/mol. The van der Waals surface area contributed by atoms with Gasteiger partial charge in [-0.25, -0.2) is 0 Å². The summed E-state index contributed by atoms with van der Waals surface area (Å²) in [5.74, 6) is -0.122. The first-order chi connectivity index (χ1) is 9.72. The lowest BCUT2D eigenvalue weighted by Gasteiger charge is -2.20. The van der Waals surface area contributed by atoms with E-state index in [9.17, 15) is 4.79 Å². The molecule has 0 saturated carbocycles. The molecule has 0 bridgehead atoms. The van der Waals surface area contributed by atoms with Gasteiger partial charge in [0.2, 0.25) is 5.91 Å². The molecule has 1 amide bonds. The Hall–Kier alpha value is -1.65. The highest BCUT2D eigenvalue weighted by atomic mass is 32.1. The average molecular weight is 288 g/mol. The third kappa shape index (κ3) is 3.68. The standard InChI is InChI=1S/C16H20N2OS/c1-2-7-13(14-10-6-11-20-14)18-16(19)15(17)12-8-4-3-5-9-12/h3-6,8-11,13,15H,2,7,17H2,1H3,(H,18,19)/t13?,15-/m1/s1. The van der Waals surface area contributed by atoms with Gasteiger partial charge in [-0.2, -0.15) is 0 Å². The van der Waals surface area contributed by atoms with Gasteiger partial charge in [0.15, 0.2) is 0 Å². The minimum Gasteiger partial charge on any atom is -0.347 e. The molecule has 1 unspecified atom stereocenters. The molecule has 3 N–H and O–H groups in total. The molecule has 1 heterocycles. The molecule has 3 nitrogen and oxygen atoms in total. The Labute approximate surface area is 123 Å². The molecule has 0 saturated heterocycles. The highest BCUT2D eigenvalue weighted by Crippen LogP contribution is 2.24. The lowest BCUT2D eigenvalue weighted by Crippen LogP contribution is -2.36. The van der Waals surface area contributed by atoms with Crippen LogP contribution < -0.4 is 11.1 Å². The van der Waals surface area contributed by atoms with Gasteiger partial charge < -0.3 is 11.1 Å². The van der Waals surface area contributed by atoms with Crippen molar-refractivity contribution in [2.75, 3.05) is 0 Å². The molecule has 0 aliphatic heterocycles. The summed E-state index contributed by atoms with van der Waals surface area (Å²) in [7, 11) is 0. The molecule has 0 aliphatic rings. The number of hydrogen-bond acceptors (Lipinski definition) is 3. The lowest BCUT2D eigenvalue weighted by molar-refractivity contribution is -0.123. The van der Waals surface area contributed by atoms with Crippen molar-refractivity contribution in [2.24, 2.45) is 5.73 Å². The number of hydrogen-bond donors (Lipinski definition) is 2. The zero-order chi connectivity index (χ0) is 14.4. The number of rotatable bonds is 6. The van der Waals surface area contributed by atoms with E-state index in [0.29, 0.717) is 0 Å². The van der Waals surface area contributed by atoms with Crippen molar-refractivity contribution in [3.63, 3.8) is 0 Å². The number of thiophene rings is 1. The fraction of sp³-hybridized carbons (Fsp3) is 0.312. The quantitative estimate of drug-likeness (QED) is 0.856. The first-order valence-corrected chi connectivity index (χ1v) is 7.74. The van der Waals surface area contributed by atoms with E-state index < -0.39 is 6.04 Å². The first kappa shape index (κ1) is 14.8. The molecule has 4 heteroatoms. The molecule has 0 fully saturated rings. The molecule has 0 radical (unpaired) electrons. The summed E-state index contributed by atoms with van der Waals surface area (Å²) >= 11 is 1.66. The van der Waals surface area contributed by atoms with Gasteiger partial charge in [0, 0.05) is 4.88 Å². The van der Waals surface area contributed by atoms with Gasteiger partial charge in [-0.1, -0.05) is 49.7 Å². The van der Waals surface area contributed by atoms with Crippen LogP contribution in [0, 0.1) is 0 Å². The second-order valence-corrected chi connectivity index (χ2v) is 5.73. The maximum Gasteiger partial charge on any atom is 0.242 e. The van der Waals surface area contributed by atoms with E-state index in [1.807, 2.05) is 41.8 Å². The highest BCUT2D eigenvalue weighted by Gasteiger charge is 2.20. The molecular weight excluding hydrogens is 268 g/mol. The fourth-order valence-corrected chi connectivity index (χ4v) is 2.95. The van der Waals surface area contributed by atoms with Crippen LogP contribution in [-0.2, 0) is 4.79 Å². The summed E-state index contributed by atoms with van der Waals surface area (Å²) in [5.41, 5.74) is 6.87. The highest BCUT2D eigenvalue weighted by molar-refractivity contribution is 7.10. The van der Waals surface area contributed by atoms with Crippen molar-refractivity contribution in [3.8, 4) is 0 Å². The predicted molar refractivity (Wildman–Crippen MR) is 83.5 cm³/mol. The molecule has 106 valence electrons. The van der Waals surface area contributed by atoms with Crippen LogP contribution in [0.2, 0.25) is 0 Å². The Morgan fingerprint density at radius 1 is 1.25 bits per heavy atom. The maximum absolute atomic E-state index is 12.3. The second-order valence-electron chi connectivity index (χ2n) is 4.75. The van der Waals surface area contributed by atoms with Crippen LogP contribution in [0.4, 0.5) is 0 Å². The van der Waals surface area contributed by atoms with Gasteiger partial charge in [0.05, 0.1) is 6.04 Å². The third-order valence-electron chi connectivity index (χ3n) is 3.22. The van der Waals surface area contributed by atoms with Crippen molar-refractivity contribution >= 4 is 17.2 Å². The Morgan fingerprint density at radius 2 is 2.00 bits per heavy atom. The molecule has 0 aliphatic carbocycles. The van der Waals surface area contributed by atoms with E-state index in [1.54, 1.807) is 11.3 Å². The van der Waals surface area contributed by atoms with E-state index in [-0.39, 0.29) is 11.9 Å². The predicted octanol–water partition coefficient (Wildman–Crippen LogP) is 3.41. The third-order valence-corrected chi connectivity index (χ3v) is 4.21. The average Bonchev–Trinajstić information content (AvgIpc) is 3.01. The SMILES string of the molecule is CCCC(NC(=O)[C@H](N)c1ccccc1)c1cccs1. The van der Waals surface area contributed by atoms with Crippen LogP contribution >= 0.6 is 11.3 Å². The van der Waals surface area contributed by atoms with Crippen molar-refractivity contribution < 1.29 is 4.79 Å². The van der Waals surface area contributed by atoms with Gasteiger partial charge in [0.1, 0.15) is 6.04 Å². The van der Waals surface area contributed by atoms with Crippen molar-refractivity contribution in [2.45, 2.75) is 31.8 Å². The number of benzene rings is 1. The Balaban J connectivity index is 2.05. The number of nitrogens with one attached hydrogen (secondary N) is 1. The molecule has 2 atom stereocenters. The first-order valence-electron chi connectivity index (χ1n) is 6.86. The second kappa shape index (κ2) is 7.22. The van der Waals surface area contributed by atoms with E-state index in [0.717, 1.165) is 18.4 Å². The van der Waals surface area contributed by atoms with Gasteiger partial charge in [0.25, 0.3) is 0 Å².